The quantitative estimate of drug-likeness (QED) is 0.626. The average Bonchev–Trinajstić information content (AvgIpc) is 2.91. The number of benzene rings is 1. The van der Waals surface area contributed by atoms with Gasteiger partial charge in [-0.25, -0.2) is 8.42 Å². The third-order valence-corrected chi connectivity index (χ3v) is 6.67. The number of hydrogen-bond donors (Lipinski definition) is 2. The van der Waals surface area contributed by atoms with E-state index in [9.17, 15) is 13.5 Å². The molecule has 146 valence electrons. The highest BCUT2D eigenvalue weighted by Gasteiger charge is 2.46. The van der Waals surface area contributed by atoms with Gasteiger partial charge in [0.1, 0.15) is 0 Å². The van der Waals surface area contributed by atoms with Gasteiger partial charge in [0.05, 0.1) is 35.1 Å². The van der Waals surface area contributed by atoms with Crippen molar-refractivity contribution in [3.8, 4) is 0 Å². The van der Waals surface area contributed by atoms with Crippen molar-refractivity contribution in [3.05, 3.63) is 42.5 Å². The molecular formula is C19H29NO5S. The second kappa shape index (κ2) is 9.10. The zero-order valence-corrected chi connectivity index (χ0v) is 16.2. The van der Waals surface area contributed by atoms with Crippen molar-refractivity contribution in [1.82, 2.24) is 0 Å². The number of sulfone groups is 1. The maximum Gasteiger partial charge on any atom is 0.178 e. The van der Waals surface area contributed by atoms with E-state index in [1.165, 1.54) is 7.11 Å². The fourth-order valence-corrected chi connectivity index (χ4v) is 5.12. The van der Waals surface area contributed by atoms with E-state index in [2.05, 4.69) is 6.58 Å². The van der Waals surface area contributed by atoms with Crippen molar-refractivity contribution < 1.29 is 23.0 Å². The molecule has 2 rings (SSSR count). The molecule has 0 bridgehead atoms. The standard InChI is InChI=1S/C19H29NO5S/c1-4-5-17-16(19(24-3)18(25-17)10-14(21)11-20)12-26(22,23)15-8-6-13(2)7-9-15/h4,6-9,14,16-19,21H,1,5,10-12,20H2,2-3H3/t14-,16-,17-,18+,19+/m0/s1. The Hall–Kier alpha value is -1.25. The van der Waals surface area contributed by atoms with Crippen LogP contribution in [0.25, 0.3) is 0 Å². The highest BCUT2D eigenvalue weighted by molar-refractivity contribution is 7.91. The number of methoxy groups -OCH3 is 1. The van der Waals surface area contributed by atoms with Gasteiger partial charge in [-0.15, -0.1) is 6.58 Å². The van der Waals surface area contributed by atoms with Crippen molar-refractivity contribution >= 4 is 9.84 Å². The maximum atomic E-state index is 12.9. The Balaban J connectivity index is 2.24. The second-order valence-corrected chi connectivity index (χ2v) is 8.86. The topological polar surface area (TPSA) is 98.8 Å². The summed E-state index contributed by atoms with van der Waals surface area (Å²) in [4.78, 5) is 0.292. The van der Waals surface area contributed by atoms with Crippen LogP contribution < -0.4 is 5.73 Å². The van der Waals surface area contributed by atoms with E-state index in [1.807, 2.05) is 6.92 Å². The van der Waals surface area contributed by atoms with E-state index < -0.39 is 28.1 Å². The molecule has 1 saturated heterocycles. The Labute approximate surface area is 155 Å². The predicted molar refractivity (Wildman–Crippen MR) is 101 cm³/mol. The van der Waals surface area contributed by atoms with Gasteiger partial charge in [-0.1, -0.05) is 23.8 Å². The first-order valence-electron chi connectivity index (χ1n) is 8.79. The summed E-state index contributed by atoms with van der Waals surface area (Å²) < 4.78 is 37.4. The van der Waals surface area contributed by atoms with Crippen LogP contribution in [0.2, 0.25) is 0 Å². The molecule has 1 aliphatic rings. The lowest BCUT2D eigenvalue weighted by Gasteiger charge is -2.23. The number of aliphatic hydroxyl groups is 1. The normalized spacial score (nSPS) is 27.4. The zero-order chi connectivity index (χ0) is 19.3. The number of aliphatic hydroxyl groups excluding tert-OH is 1. The molecule has 0 amide bonds. The van der Waals surface area contributed by atoms with Crippen LogP contribution in [-0.2, 0) is 19.3 Å². The minimum absolute atomic E-state index is 0.0811. The van der Waals surface area contributed by atoms with Crippen LogP contribution in [0.3, 0.4) is 0 Å². The second-order valence-electron chi connectivity index (χ2n) is 6.82. The van der Waals surface area contributed by atoms with E-state index in [0.29, 0.717) is 17.7 Å². The molecule has 5 atom stereocenters. The Bertz CT molecular complexity index is 688. The van der Waals surface area contributed by atoms with Gasteiger partial charge >= 0.3 is 0 Å². The summed E-state index contributed by atoms with van der Waals surface area (Å²) in [5.74, 6) is -0.429. The van der Waals surface area contributed by atoms with Gasteiger partial charge < -0.3 is 20.3 Å². The third-order valence-electron chi connectivity index (χ3n) is 4.86. The molecule has 1 fully saturated rings. The summed E-state index contributed by atoms with van der Waals surface area (Å²) in [5.41, 5.74) is 6.50. The Morgan fingerprint density at radius 3 is 2.54 bits per heavy atom. The maximum absolute atomic E-state index is 12.9. The fraction of sp³-hybridized carbons (Fsp3) is 0.579. The molecule has 3 N–H and O–H groups in total. The molecule has 1 heterocycles. The Kier molecular flexibility index (Phi) is 7.37. The molecule has 1 aromatic carbocycles. The molecule has 1 aromatic rings. The molecule has 6 nitrogen and oxygen atoms in total. The van der Waals surface area contributed by atoms with Crippen LogP contribution in [0.5, 0.6) is 0 Å². The summed E-state index contributed by atoms with van der Waals surface area (Å²) in [6.45, 7) is 5.77. The van der Waals surface area contributed by atoms with E-state index in [1.54, 1.807) is 30.3 Å². The number of hydrogen-bond acceptors (Lipinski definition) is 6. The lowest BCUT2D eigenvalue weighted by molar-refractivity contribution is -0.0294. The van der Waals surface area contributed by atoms with Crippen LogP contribution in [0.15, 0.2) is 41.8 Å². The van der Waals surface area contributed by atoms with E-state index in [-0.39, 0.29) is 24.3 Å². The van der Waals surface area contributed by atoms with Crippen LogP contribution in [0, 0.1) is 12.8 Å². The fourth-order valence-electron chi connectivity index (χ4n) is 3.46. The minimum Gasteiger partial charge on any atom is -0.392 e. The molecule has 0 radical (unpaired) electrons. The van der Waals surface area contributed by atoms with Gasteiger partial charge in [0.15, 0.2) is 9.84 Å². The van der Waals surface area contributed by atoms with E-state index >= 15 is 0 Å². The van der Waals surface area contributed by atoms with Gasteiger partial charge in [-0.05, 0) is 25.5 Å². The minimum atomic E-state index is -3.49. The number of ether oxygens (including phenoxy) is 2. The van der Waals surface area contributed by atoms with Crippen molar-refractivity contribution in [1.29, 1.82) is 0 Å². The highest BCUT2D eigenvalue weighted by Crippen LogP contribution is 2.35. The molecule has 26 heavy (non-hydrogen) atoms. The smallest absolute Gasteiger partial charge is 0.178 e. The van der Waals surface area contributed by atoms with Crippen LogP contribution in [0.4, 0.5) is 0 Å². The lowest BCUT2D eigenvalue weighted by atomic mass is 9.94. The SMILES string of the molecule is C=CC[C@@H]1O[C@H](C[C@H](O)CN)[C@H](OC)[C@H]1CS(=O)(=O)c1ccc(C)cc1. The summed E-state index contributed by atoms with van der Waals surface area (Å²) in [6.07, 6.45) is 0.669. The summed E-state index contributed by atoms with van der Waals surface area (Å²) in [6, 6.07) is 6.82. The van der Waals surface area contributed by atoms with Gasteiger partial charge in [-0.3, -0.25) is 0 Å². The number of aryl methyl sites for hydroxylation is 1. The van der Waals surface area contributed by atoms with E-state index in [0.717, 1.165) is 5.56 Å². The Morgan fingerprint density at radius 1 is 1.35 bits per heavy atom. The van der Waals surface area contributed by atoms with E-state index in [4.69, 9.17) is 15.2 Å². The van der Waals surface area contributed by atoms with Gasteiger partial charge in [0, 0.05) is 26.0 Å². The monoisotopic (exact) mass is 383 g/mol. The first-order valence-corrected chi connectivity index (χ1v) is 10.4. The van der Waals surface area contributed by atoms with Crippen molar-refractivity contribution in [2.75, 3.05) is 19.4 Å². The first kappa shape index (κ1) is 21.1. The summed E-state index contributed by atoms with van der Waals surface area (Å²) in [5, 5.41) is 9.87. The van der Waals surface area contributed by atoms with Gasteiger partial charge in [0.25, 0.3) is 0 Å². The molecule has 0 saturated carbocycles. The first-order chi connectivity index (χ1) is 12.3. The zero-order valence-electron chi connectivity index (χ0n) is 15.4. The predicted octanol–water partition coefficient (Wildman–Crippen LogP) is 1.45. The molecule has 0 aliphatic carbocycles. The Morgan fingerprint density at radius 2 is 2.00 bits per heavy atom. The number of rotatable bonds is 9. The molecular weight excluding hydrogens is 354 g/mol. The molecule has 7 heteroatoms. The summed E-state index contributed by atoms with van der Waals surface area (Å²) in [7, 11) is -1.95. The molecule has 0 aromatic heterocycles. The summed E-state index contributed by atoms with van der Waals surface area (Å²) >= 11 is 0. The molecule has 0 spiro atoms. The van der Waals surface area contributed by atoms with Gasteiger partial charge in [0.2, 0.25) is 0 Å². The van der Waals surface area contributed by atoms with Crippen LogP contribution >= 0.6 is 0 Å². The highest BCUT2D eigenvalue weighted by atomic mass is 32.2. The van der Waals surface area contributed by atoms with Crippen molar-refractivity contribution in [3.63, 3.8) is 0 Å². The van der Waals surface area contributed by atoms with Crippen molar-refractivity contribution in [2.24, 2.45) is 11.7 Å². The molecule has 0 unspecified atom stereocenters. The average molecular weight is 384 g/mol. The van der Waals surface area contributed by atoms with Crippen molar-refractivity contribution in [2.45, 2.75) is 49.1 Å². The lowest BCUT2D eigenvalue weighted by Crippen LogP contribution is -2.37. The van der Waals surface area contributed by atoms with Crippen LogP contribution in [-0.4, -0.2) is 57.3 Å². The third kappa shape index (κ3) is 4.92. The largest absolute Gasteiger partial charge is 0.392 e. The van der Waals surface area contributed by atoms with Crippen LogP contribution in [0.1, 0.15) is 18.4 Å². The number of nitrogens with two attached hydrogens (primary N) is 1. The molecule has 1 aliphatic heterocycles. The van der Waals surface area contributed by atoms with Gasteiger partial charge in [-0.2, -0.15) is 0 Å².